The van der Waals surface area contributed by atoms with Gasteiger partial charge in [-0.25, -0.2) is 9.98 Å². The van der Waals surface area contributed by atoms with Crippen molar-refractivity contribution < 1.29 is 0 Å². The molecule has 9 aromatic rings. The normalized spacial score (nSPS) is 11.6. The van der Waals surface area contributed by atoms with Gasteiger partial charge in [-0.05, 0) is 109 Å². The Kier molecular flexibility index (Phi) is 11.3. The molecule has 0 radical (unpaired) electrons. The molecule has 0 aromatic heterocycles. The van der Waals surface area contributed by atoms with Gasteiger partial charge in [0.15, 0.2) is 5.84 Å². The molecule has 0 saturated heterocycles. The third-order valence-electron chi connectivity index (χ3n) is 11.1. The summed E-state index contributed by atoms with van der Waals surface area (Å²) in [5.74, 6) is 0.627. The highest BCUT2D eigenvalue weighted by molar-refractivity contribution is 6.13. The number of nitrogens with zero attached hydrogens (tertiary/aromatic N) is 2. The standard InChI is InChI=1S/C59H44N2/c1-42(44-20-8-3-9-21-44)60-59(50-28-16-7-17-29-50)61-43(2)51-30-18-32-53(38-51)54-33-19-31-52(39-54)46-34-36-49(37-35-46)58-56(47-24-12-5-13-25-47)40-55(45-22-10-4-11-23-45)41-57(58)48-26-14-6-15-27-48/h3-41H,1H2,2H3/b60-59-,61-43+. The van der Waals surface area contributed by atoms with E-state index in [1.165, 1.54) is 44.5 Å². The van der Waals surface area contributed by atoms with Crippen LogP contribution in [0.3, 0.4) is 0 Å². The van der Waals surface area contributed by atoms with E-state index in [0.29, 0.717) is 11.5 Å². The zero-order chi connectivity index (χ0) is 41.4. The van der Waals surface area contributed by atoms with Crippen LogP contribution in [0, 0.1) is 0 Å². The van der Waals surface area contributed by atoms with Crippen molar-refractivity contribution >= 4 is 17.2 Å². The Balaban J connectivity index is 1.06. The Labute approximate surface area is 359 Å². The van der Waals surface area contributed by atoms with Crippen molar-refractivity contribution in [1.29, 1.82) is 0 Å². The number of rotatable bonds is 10. The van der Waals surface area contributed by atoms with Gasteiger partial charge in [0.1, 0.15) is 0 Å². The second kappa shape index (κ2) is 17.9. The zero-order valence-electron chi connectivity index (χ0n) is 34.1. The summed E-state index contributed by atoms with van der Waals surface area (Å²) in [6, 6.07) is 83.4. The highest BCUT2D eigenvalue weighted by Gasteiger charge is 2.18. The molecular weight excluding hydrogens is 737 g/mol. The van der Waals surface area contributed by atoms with Crippen LogP contribution in [-0.4, -0.2) is 11.5 Å². The summed E-state index contributed by atoms with van der Waals surface area (Å²) in [6.45, 7) is 6.31. The van der Waals surface area contributed by atoms with Gasteiger partial charge in [-0.3, -0.25) is 0 Å². The number of benzene rings is 9. The highest BCUT2D eigenvalue weighted by atomic mass is 14.9. The van der Waals surface area contributed by atoms with E-state index in [9.17, 15) is 0 Å². The summed E-state index contributed by atoms with van der Waals surface area (Å²) < 4.78 is 0. The second-order valence-corrected chi connectivity index (χ2v) is 15.1. The quantitative estimate of drug-likeness (QED) is 0.0975. The molecule has 0 aliphatic heterocycles. The first-order valence-electron chi connectivity index (χ1n) is 20.7. The van der Waals surface area contributed by atoms with Gasteiger partial charge in [0.25, 0.3) is 0 Å². The lowest BCUT2D eigenvalue weighted by atomic mass is 9.84. The molecule has 0 fully saturated rings. The first-order chi connectivity index (χ1) is 30.1. The van der Waals surface area contributed by atoms with Gasteiger partial charge in [0.05, 0.1) is 5.70 Å². The lowest BCUT2D eigenvalue weighted by Crippen LogP contribution is -2.04. The van der Waals surface area contributed by atoms with Gasteiger partial charge < -0.3 is 0 Å². The molecule has 9 rings (SSSR count). The number of hydrogen-bond donors (Lipinski definition) is 0. The van der Waals surface area contributed by atoms with E-state index < -0.39 is 0 Å². The predicted octanol–water partition coefficient (Wildman–Crippen LogP) is 15.6. The smallest absolute Gasteiger partial charge is 0.160 e. The molecule has 0 N–H and O–H groups in total. The minimum absolute atomic E-state index is 0.627. The molecule has 2 nitrogen and oxygen atoms in total. The van der Waals surface area contributed by atoms with Crippen LogP contribution in [0.4, 0.5) is 0 Å². The van der Waals surface area contributed by atoms with Crippen LogP contribution in [0.25, 0.3) is 72.5 Å². The lowest BCUT2D eigenvalue weighted by molar-refractivity contribution is 1.44. The fourth-order valence-corrected chi connectivity index (χ4v) is 7.86. The van der Waals surface area contributed by atoms with E-state index >= 15 is 0 Å². The third kappa shape index (κ3) is 8.76. The minimum atomic E-state index is 0.627. The van der Waals surface area contributed by atoms with E-state index in [-0.39, 0.29) is 0 Å². The summed E-state index contributed by atoms with van der Waals surface area (Å²) >= 11 is 0. The van der Waals surface area contributed by atoms with Crippen molar-refractivity contribution in [2.75, 3.05) is 0 Å². The fraction of sp³-hybridized carbons (Fsp3) is 0.0169. The van der Waals surface area contributed by atoms with Crippen LogP contribution in [0.1, 0.15) is 23.6 Å². The number of amidine groups is 1. The van der Waals surface area contributed by atoms with Crippen molar-refractivity contribution in [1.82, 2.24) is 0 Å². The summed E-state index contributed by atoms with van der Waals surface area (Å²) in [7, 11) is 0. The molecule has 0 spiro atoms. The molecular formula is C59H44N2. The maximum Gasteiger partial charge on any atom is 0.160 e. The number of hydrogen-bond acceptors (Lipinski definition) is 1. The molecule has 0 bridgehead atoms. The Morgan fingerprint density at radius 3 is 1.26 bits per heavy atom. The average molecular weight is 781 g/mol. The van der Waals surface area contributed by atoms with E-state index in [1.807, 2.05) is 67.6 Å². The molecule has 0 aliphatic carbocycles. The largest absolute Gasteiger partial charge is 0.233 e. The van der Waals surface area contributed by atoms with Crippen LogP contribution < -0.4 is 0 Å². The van der Waals surface area contributed by atoms with E-state index in [1.54, 1.807) is 0 Å². The van der Waals surface area contributed by atoms with Gasteiger partial charge in [-0.2, -0.15) is 0 Å². The Hall–Kier alpha value is -7.94. The summed E-state index contributed by atoms with van der Waals surface area (Å²) in [5.41, 5.74) is 18.6. The fourth-order valence-electron chi connectivity index (χ4n) is 7.86. The third-order valence-corrected chi connectivity index (χ3v) is 11.1. The SMILES string of the molecule is C=C(/N=C(\N=C(/C)c1cccc(-c2cccc(-c3ccc(-c4c(-c5ccccc5)cc(-c5ccccc5)cc4-c4ccccc4)cc3)c2)c1)c1ccccc1)c1ccccc1. The second-order valence-electron chi connectivity index (χ2n) is 15.1. The van der Waals surface area contributed by atoms with Crippen molar-refractivity contribution in [3.63, 3.8) is 0 Å². The monoisotopic (exact) mass is 780 g/mol. The van der Waals surface area contributed by atoms with Crippen molar-refractivity contribution in [3.8, 4) is 66.8 Å². The molecule has 0 aliphatic rings. The van der Waals surface area contributed by atoms with E-state index in [2.05, 4.69) is 183 Å². The molecule has 0 saturated carbocycles. The van der Waals surface area contributed by atoms with Crippen molar-refractivity contribution in [3.05, 3.63) is 260 Å². The van der Waals surface area contributed by atoms with Gasteiger partial charge in [-0.15, -0.1) is 0 Å². The molecule has 0 unspecified atom stereocenters. The van der Waals surface area contributed by atoms with Crippen molar-refractivity contribution in [2.45, 2.75) is 6.92 Å². The molecule has 9 aromatic carbocycles. The average Bonchev–Trinajstić information content (AvgIpc) is 3.35. The predicted molar refractivity (Wildman–Crippen MR) is 260 cm³/mol. The zero-order valence-corrected chi connectivity index (χ0v) is 34.1. The summed E-state index contributed by atoms with van der Waals surface area (Å²) in [6.07, 6.45) is 0. The molecule has 0 heterocycles. The molecule has 0 atom stereocenters. The maximum atomic E-state index is 5.09. The lowest BCUT2D eigenvalue weighted by Gasteiger charge is -2.19. The van der Waals surface area contributed by atoms with E-state index in [0.717, 1.165) is 44.7 Å². The highest BCUT2D eigenvalue weighted by Crippen LogP contribution is 2.44. The van der Waals surface area contributed by atoms with Crippen LogP contribution in [0.2, 0.25) is 0 Å². The van der Waals surface area contributed by atoms with Gasteiger partial charge in [0, 0.05) is 11.3 Å². The number of aliphatic imine (C=N–C) groups is 2. The molecule has 61 heavy (non-hydrogen) atoms. The van der Waals surface area contributed by atoms with Crippen molar-refractivity contribution in [2.24, 2.45) is 9.98 Å². The Morgan fingerprint density at radius 1 is 0.311 bits per heavy atom. The van der Waals surface area contributed by atoms with Crippen LogP contribution >= 0.6 is 0 Å². The summed E-state index contributed by atoms with van der Waals surface area (Å²) in [5, 5.41) is 0. The Morgan fingerprint density at radius 2 is 0.705 bits per heavy atom. The minimum Gasteiger partial charge on any atom is -0.233 e. The molecule has 2 heteroatoms. The van der Waals surface area contributed by atoms with Gasteiger partial charge >= 0.3 is 0 Å². The van der Waals surface area contributed by atoms with E-state index in [4.69, 9.17) is 9.98 Å². The maximum absolute atomic E-state index is 5.09. The first-order valence-corrected chi connectivity index (χ1v) is 20.7. The first kappa shape index (κ1) is 38.6. The molecule has 0 amide bonds. The summed E-state index contributed by atoms with van der Waals surface area (Å²) in [4.78, 5) is 10.0. The van der Waals surface area contributed by atoms with Crippen LogP contribution in [0.15, 0.2) is 253 Å². The Bertz CT molecular complexity index is 2920. The topological polar surface area (TPSA) is 24.7 Å². The van der Waals surface area contributed by atoms with Gasteiger partial charge in [0.2, 0.25) is 0 Å². The van der Waals surface area contributed by atoms with Crippen LogP contribution in [0.5, 0.6) is 0 Å². The van der Waals surface area contributed by atoms with Crippen LogP contribution in [-0.2, 0) is 0 Å². The van der Waals surface area contributed by atoms with Gasteiger partial charge in [-0.1, -0.05) is 219 Å². The molecule has 290 valence electrons.